The summed E-state index contributed by atoms with van der Waals surface area (Å²) in [5.41, 5.74) is 1.71. The molecule has 158 valence electrons. The standard InChI is InChI=1S/C23H27N3O4/c1-25-9-11-26(12-10-25)23(28)19(13-17-5-4-8-24-16-17)14-20(27)18-6-7-21(29-2)22(15-18)30-3/h4-8,13,15-16H,9-12,14H2,1-3H3/b19-13-. The number of aromatic nitrogens is 1. The van der Waals surface area contributed by atoms with Crippen LogP contribution in [-0.4, -0.2) is 73.9 Å². The number of ketones is 1. The lowest BCUT2D eigenvalue weighted by molar-refractivity contribution is -0.128. The van der Waals surface area contributed by atoms with E-state index in [-0.39, 0.29) is 18.1 Å². The Balaban J connectivity index is 1.86. The van der Waals surface area contributed by atoms with Gasteiger partial charge in [-0.2, -0.15) is 0 Å². The lowest BCUT2D eigenvalue weighted by Gasteiger charge is -2.33. The molecule has 0 spiro atoms. The fourth-order valence-electron chi connectivity index (χ4n) is 3.35. The third kappa shape index (κ3) is 5.24. The zero-order chi connectivity index (χ0) is 21.5. The van der Waals surface area contributed by atoms with E-state index < -0.39 is 0 Å². The Hall–Kier alpha value is -3.19. The second kappa shape index (κ2) is 10.0. The molecule has 3 rings (SSSR count). The normalized spacial score (nSPS) is 15.0. The van der Waals surface area contributed by atoms with Gasteiger partial charge < -0.3 is 19.3 Å². The van der Waals surface area contributed by atoms with E-state index in [4.69, 9.17) is 9.47 Å². The fraction of sp³-hybridized carbons (Fsp3) is 0.348. The highest BCUT2D eigenvalue weighted by Crippen LogP contribution is 2.28. The molecule has 0 bridgehead atoms. The summed E-state index contributed by atoms with van der Waals surface area (Å²) >= 11 is 0. The first kappa shape index (κ1) is 21.5. The fourth-order valence-corrected chi connectivity index (χ4v) is 3.35. The van der Waals surface area contributed by atoms with E-state index in [2.05, 4.69) is 9.88 Å². The van der Waals surface area contributed by atoms with Crippen LogP contribution in [0.25, 0.3) is 6.08 Å². The largest absolute Gasteiger partial charge is 0.493 e. The number of methoxy groups -OCH3 is 2. The molecule has 1 aliphatic rings. The Labute approximate surface area is 176 Å². The number of carbonyl (C=O) groups is 2. The highest BCUT2D eigenvalue weighted by atomic mass is 16.5. The molecular formula is C23H27N3O4. The van der Waals surface area contributed by atoms with Gasteiger partial charge >= 0.3 is 0 Å². The second-order valence-corrected chi connectivity index (χ2v) is 7.22. The number of amides is 1. The van der Waals surface area contributed by atoms with Crippen molar-refractivity contribution in [3.05, 3.63) is 59.4 Å². The van der Waals surface area contributed by atoms with Crippen LogP contribution in [0.1, 0.15) is 22.3 Å². The molecule has 1 aliphatic heterocycles. The van der Waals surface area contributed by atoms with Crippen molar-refractivity contribution in [3.8, 4) is 11.5 Å². The molecule has 1 aromatic carbocycles. The van der Waals surface area contributed by atoms with Gasteiger partial charge in [-0.15, -0.1) is 0 Å². The molecule has 2 aromatic rings. The van der Waals surface area contributed by atoms with E-state index in [1.165, 1.54) is 7.11 Å². The summed E-state index contributed by atoms with van der Waals surface area (Å²) in [4.78, 5) is 34.3. The molecule has 30 heavy (non-hydrogen) atoms. The quantitative estimate of drug-likeness (QED) is 0.517. The third-order valence-electron chi connectivity index (χ3n) is 5.15. The predicted molar refractivity (Wildman–Crippen MR) is 115 cm³/mol. The number of hydrogen-bond donors (Lipinski definition) is 0. The van der Waals surface area contributed by atoms with Crippen LogP contribution in [0.5, 0.6) is 11.5 Å². The van der Waals surface area contributed by atoms with Gasteiger partial charge in [0, 0.05) is 56.1 Å². The van der Waals surface area contributed by atoms with Gasteiger partial charge in [0.15, 0.2) is 17.3 Å². The molecule has 1 fully saturated rings. The minimum atomic E-state index is -0.159. The van der Waals surface area contributed by atoms with Crippen molar-refractivity contribution >= 4 is 17.8 Å². The van der Waals surface area contributed by atoms with E-state index in [0.717, 1.165) is 18.7 Å². The first-order chi connectivity index (χ1) is 14.5. The first-order valence-electron chi connectivity index (χ1n) is 9.85. The van der Waals surface area contributed by atoms with Crippen LogP contribution in [-0.2, 0) is 4.79 Å². The maximum absolute atomic E-state index is 13.2. The Morgan fingerprint density at radius 3 is 2.43 bits per heavy atom. The topological polar surface area (TPSA) is 72.0 Å². The van der Waals surface area contributed by atoms with Gasteiger partial charge in [0.1, 0.15) is 0 Å². The van der Waals surface area contributed by atoms with Crippen molar-refractivity contribution < 1.29 is 19.1 Å². The predicted octanol–water partition coefficient (Wildman–Crippen LogP) is 2.53. The van der Waals surface area contributed by atoms with Crippen molar-refractivity contribution in [2.45, 2.75) is 6.42 Å². The molecule has 0 unspecified atom stereocenters. The van der Waals surface area contributed by atoms with Gasteiger partial charge in [-0.05, 0) is 43.0 Å². The molecule has 7 nitrogen and oxygen atoms in total. The molecule has 2 heterocycles. The van der Waals surface area contributed by atoms with Crippen LogP contribution >= 0.6 is 0 Å². The van der Waals surface area contributed by atoms with Gasteiger partial charge in [0.05, 0.1) is 14.2 Å². The monoisotopic (exact) mass is 409 g/mol. The summed E-state index contributed by atoms with van der Waals surface area (Å²) in [5.74, 6) is 0.759. The number of Topliss-reactive ketones (excluding diaryl/α,β-unsaturated/α-hetero) is 1. The summed E-state index contributed by atoms with van der Waals surface area (Å²) in [5, 5.41) is 0. The van der Waals surface area contributed by atoms with Crippen LogP contribution in [0.15, 0.2) is 48.3 Å². The smallest absolute Gasteiger partial charge is 0.250 e. The van der Waals surface area contributed by atoms with E-state index in [1.807, 2.05) is 18.0 Å². The van der Waals surface area contributed by atoms with Gasteiger partial charge in [0.25, 0.3) is 0 Å². The number of carbonyl (C=O) groups excluding carboxylic acids is 2. The zero-order valence-electron chi connectivity index (χ0n) is 17.6. The Kier molecular flexibility index (Phi) is 7.19. The molecule has 0 N–H and O–H groups in total. The van der Waals surface area contributed by atoms with Crippen LogP contribution in [0.2, 0.25) is 0 Å². The van der Waals surface area contributed by atoms with Crippen LogP contribution in [0, 0.1) is 0 Å². The number of rotatable bonds is 7. The molecule has 1 amide bonds. The van der Waals surface area contributed by atoms with Gasteiger partial charge in [-0.25, -0.2) is 0 Å². The van der Waals surface area contributed by atoms with E-state index >= 15 is 0 Å². The molecular weight excluding hydrogens is 382 g/mol. The van der Waals surface area contributed by atoms with Crippen LogP contribution < -0.4 is 9.47 Å². The van der Waals surface area contributed by atoms with Crippen molar-refractivity contribution in [1.29, 1.82) is 0 Å². The SMILES string of the molecule is COc1ccc(C(=O)C/C(=C/c2cccnc2)C(=O)N2CCN(C)CC2)cc1OC. The van der Waals surface area contributed by atoms with Crippen LogP contribution in [0.3, 0.4) is 0 Å². The number of nitrogens with zero attached hydrogens (tertiary/aromatic N) is 3. The lowest BCUT2D eigenvalue weighted by atomic mass is 9.99. The summed E-state index contributed by atoms with van der Waals surface area (Å²) in [6.07, 6.45) is 5.11. The Morgan fingerprint density at radius 1 is 1.07 bits per heavy atom. The maximum Gasteiger partial charge on any atom is 0.250 e. The molecule has 0 atom stereocenters. The average Bonchev–Trinajstić information content (AvgIpc) is 2.78. The van der Waals surface area contributed by atoms with E-state index in [0.29, 0.717) is 35.7 Å². The number of ether oxygens (including phenoxy) is 2. The molecule has 1 aromatic heterocycles. The van der Waals surface area contributed by atoms with Gasteiger partial charge in [-0.1, -0.05) is 6.07 Å². The molecule has 0 aliphatic carbocycles. The number of benzene rings is 1. The summed E-state index contributed by atoms with van der Waals surface area (Å²) in [6.45, 7) is 2.92. The summed E-state index contributed by atoms with van der Waals surface area (Å²) in [7, 11) is 5.11. The lowest BCUT2D eigenvalue weighted by Crippen LogP contribution is -2.47. The molecule has 0 radical (unpaired) electrons. The summed E-state index contributed by atoms with van der Waals surface area (Å²) in [6, 6.07) is 8.69. The Morgan fingerprint density at radius 2 is 1.80 bits per heavy atom. The van der Waals surface area contributed by atoms with Crippen molar-refractivity contribution in [3.63, 3.8) is 0 Å². The minimum absolute atomic E-state index is 0.00441. The van der Waals surface area contributed by atoms with Gasteiger partial charge in [0.2, 0.25) is 5.91 Å². The Bertz CT molecular complexity index is 919. The van der Waals surface area contributed by atoms with E-state index in [1.54, 1.807) is 49.8 Å². The number of piperazine rings is 1. The molecule has 1 saturated heterocycles. The van der Waals surface area contributed by atoms with Crippen molar-refractivity contribution in [1.82, 2.24) is 14.8 Å². The van der Waals surface area contributed by atoms with Crippen molar-refractivity contribution in [2.75, 3.05) is 47.4 Å². The third-order valence-corrected chi connectivity index (χ3v) is 5.15. The molecule has 7 heteroatoms. The van der Waals surface area contributed by atoms with Gasteiger partial charge in [-0.3, -0.25) is 14.6 Å². The van der Waals surface area contributed by atoms with E-state index in [9.17, 15) is 9.59 Å². The first-order valence-corrected chi connectivity index (χ1v) is 9.85. The number of hydrogen-bond acceptors (Lipinski definition) is 6. The molecule has 0 saturated carbocycles. The highest BCUT2D eigenvalue weighted by molar-refractivity contribution is 6.07. The minimum Gasteiger partial charge on any atom is -0.493 e. The second-order valence-electron chi connectivity index (χ2n) is 7.22. The summed E-state index contributed by atoms with van der Waals surface area (Å²) < 4.78 is 10.5. The van der Waals surface area contributed by atoms with Crippen LogP contribution in [0.4, 0.5) is 0 Å². The number of pyridine rings is 1. The zero-order valence-corrected chi connectivity index (χ0v) is 17.6. The maximum atomic E-state index is 13.2. The highest BCUT2D eigenvalue weighted by Gasteiger charge is 2.24. The average molecular weight is 409 g/mol. The van der Waals surface area contributed by atoms with Crippen molar-refractivity contribution in [2.24, 2.45) is 0 Å². The number of likely N-dealkylation sites (N-methyl/N-ethyl adjacent to an activating group) is 1.